The zero-order chi connectivity index (χ0) is 14.8. The number of hydrogen-bond acceptors (Lipinski definition) is 3. The molecule has 1 aromatic rings. The van der Waals surface area contributed by atoms with E-state index in [0.29, 0.717) is 12.6 Å². The van der Waals surface area contributed by atoms with Gasteiger partial charge in [0, 0.05) is 23.6 Å². The Morgan fingerprint density at radius 2 is 2.33 bits per heavy atom. The third kappa shape index (κ3) is 3.65. The van der Waals surface area contributed by atoms with Crippen LogP contribution in [0.4, 0.5) is 5.69 Å². The van der Waals surface area contributed by atoms with Gasteiger partial charge in [-0.15, -0.1) is 0 Å². The molecule has 0 spiro atoms. The number of anilines is 1. The molecule has 5 heteroatoms. The monoisotopic (exact) mass is 351 g/mol. The molecule has 2 N–H and O–H groups in total. The molecule has 4 nitrogen and oxygen atoms in total. The summed E-state index contributed by atoms with van der Waals surface area (Å²) in [6.45, 7) is 5.68. The molecule has 2 saturated heterocycles. The standard InChI is InChI=1S/C16H22BrN3O/c1-11-4-5-14(13(17)7-11)19-16(21)10-20-8-12-3-2-6-18-15(12)9-20/h4-5,7,12,15,18H,2-3,6,8-10H2,1H3,(H,19,21)/t12-,15+/m0/s1. The van der Waals surface area contributed by atoms with Gasteiger partial charge in [-0.2, -0.15) is 0 Å². The van der Waals surface area contributed by atoms with Crippen LogP contribution in [0.3, 0.4) is 0 Å². The number of fused-ring (bicyclic) bond motifs is 1. The number of carbonyl (C=O) groups excluding carboxylic acids is 1. The molecule has 0 saturated carbocycles. The van der Waals surface area contributed by atoms with Gasteiger partial charge in [0.15, 0.2) is 0 Å². The molecule has 2 fully saturated rings. The van der Waals surface area contributed by atoms with Crippen LogP contribution in [-0.2, 0) is 4.79 Å². The van der Waals surface area contributed by atoms with Crippen molar-refractivity contribution in [1.82, 2.24) is 10.2 Å². The summed E-state index contributed by atoms with van der Waals surface area (Å²) in [7, 11) is 0. The zero-order valence-corrected chi connectivity index (χ0v) is 13.9. The molecule has 2 aliphatic rings. The van der Waals surface area contributed by atoms with E-state index in [2.05, 4.69) is 31.5 Å². The predicted molar refractivity (Wildman–Crippen MR) is 88.5 cm³/mol. The number of hydrogen-bond donors (Lipinski definition) is 2. The third-order valence-corrected chi connectivity index (χ3v) is 5.10. The summed E-state index contributed by atoms with van der Waals surface area (Å²) in [6.07, 6.45) is 2.55. The average Bonchev–Trinajstić information content (AvgIpc) is 2.84. The molecule has 2 heterocycles. The zero-order valence-electron chi connectivity index (χ0n) is 12.4. The number of nitrogens with zero attached hydrogens (tertiary/aromatic N) is 1. The number of benzene rings is 1. The average molecular weight is 352 g/mol. The van der Waals surface area contributed by atoms with Crippen molar-refractivity contribution in [2.75, 3.05) is 31.5 Å². The van der Waals surface area contributed by atoms with Crippen LogP contribution in [0.15, 0.2) is 22.7 Å². The minimum Gasteiger partial charge on any atom is -0.324 e. The molecule has 1 aromatic carbocycles. The SMILES string of the molecule is Cc1ccc(NC(=O)CN2C[C@@H]3CCCN[C@@H]3C2)c(Br)c1. The summed E-state index contributed by atoms with van der Waals surface area (Å²) in [5.41, 5.74) is 2.02. The van der Waals surface area contributed by atoms with E-state index < -0.39 is 0 Å². The fourth-order valence-corrected chi connectivity index (χ4v) is 3.97. The fraction of sp³-hybridized carbons (Fsp3) is 0.562. The Morgan fingerprint density at radius 1 is 1.48 bits per heavy atom. The van der Waals surface area contributed by atoms with Crippen LogP contribution in [0.5, 0.6) is 0 Å². The van der Waals surface area contributed by atoms with Crippen molar-refractivity contribution in [1.29, 1.82) is 0 Å². The summed E-state index contributed by atoms with van der Waals surface area (Å²) in [4.78, 5) is 14.5. The maximum absolute atomic E-state index is 12.2. The van der Waals surface area contributed by atoms with E-state index in [4.69, 9.17) is 0 Å². The number of nitrogens with one attached hydrogen (secondary N) is 2. The Kier molecular flexibility index (Phi) is 4.62. The summed E-state index contributed by atoms with van der Waals surface area (Å²) < 4.78 is 0.938. The second-order valence-corrected chi connectivity index (χ2v) is 7.04. The van der Waals surface area contributed by atoms with Crippen LogP contribution >= 0.6 is 15.9 Å². The summed E-state index contributed by atoms with van der Waals surface area (Å²) >= 11 is 3.50. The highest BCUT2D eigenvalue weighted by Gasteiger charge is 2.34. The number of rotatable bonds is 3. The van der Waals surface area contributed by atoms with Crippen molar-refractivity contribution >= 4 is 27.5 Å². The molecule has 3 rings (SSSR count). The largest absolute Gasteiger partial charge is 0.324 e. The third-order valence-electron chi connectivity index (χ3n) is 4.44. The topological polar surface area (TPSA) is 44.4 Å². The normalized spacial score (nSPS) is 25.6. The Morgan fingerprint density at radius 3 is 3.10 bits per heavy atom. The predicted octanol–water partition coefficient (Wildman–Crippen LogP) is 2.38. The summed E-state index contributed by atoms with van der Waals surface area (Å²) in [5, 5.41) is 6.57. The van der Waals surface area contributed by atoms with Gasteiger partial charge in [-0.3, -0.25) is 9.69 Å². The Hall–Kier alpha value is -0.910. The van der Waals surface area contributed by atoms with Crippen molar-refractivity contribution in [2.24, 2.45) is 5.92 Å². The first-order valence-corrected chi connectivity index (χ1v) is 8.43. The second kappa shape index (κ2) is 6.46. The molecule has 0 aliphatic carbocycles. The molecule has 114 valence electrons. The van der Waals surface area contributed by atoms with Gasteiger partial charge < -0.3 is 10.6 Å². The van der Waals surface area contributed by atoms with E-state index in [-0.39, 0.29) is 5.91 Å². The molecule has 0 aromatic heterocycles. The first kappa shape index (κ1) is 15.0. The second-order valence-electron chi connectivity index (χ2n) is 6.19. The van der Waals surface area contributed by atoms with E-state index in [1.165, 1.54) is 18.4 Å². The minimum absolute atomic E-state index is 0.0678. The number of likely N-dealkylation sites (tertiary alicyclic amines) is 1. The molecule has 0 bridgehead atoms. The number of amides is 1. The quantitative estimate of drug-likeness (QED) is 0.878. The van der Waals surface area contributed by atoms with Gasteiger partial charge in [-0.25, -0.2) is 0 Å². The molecular formula is C16H22BrN3O. The van der Waals surface area contributed by atoms with Crippen LogP contribution in [-0.4, -0.2) is 43.0 Å². The highest BCUT2D eigenvalue weighted by Crippen LogP contribution is 2.26. The molecular weight excluding hydrogens is 330 g/mol. The fourth-order valence-electron chi connectivity index (χ4n) is 3.38. The van der Waals surface area contributed by atoms with Crippen LogP contribution in [0.2, 0.25) is 0 Å². The van der Waals surface area contributed by atoms with E-state index >= 15 is 0 Å². The van der Waals surface area contributed by atoms with Crippen molar-refractivity contribution in [2.45, 2.75) is 25.8 Å². The lowest BCUT2D eigenvalue weighted by Crippen LogP contribution is -2.41. The van der Waals surface area contributed by atoms with Crippen molar-refractivity contribution < 1.29 is 4.79 Å². The van der Waals surface area contributed by atoms with Gasteiger partial charge in [-0.05, 0) is 65.9 Å². The first-order valence-electron chi connectivity index (χ1n) is 7.63. The van der Waals surface area contributed by atoms with Crippen LogP contribution < -0.4 is 10.6 Å². The van der Waals surface area contributed by atoms with E-state index in [0.717, 1.165) is 35.7 Å². The molecule has 0 radical (unpaired) electrons. The molecule has 2 aliphatic heterocycles. The molecule has 0 unspecified atom stereocenters. The number of piperidine rings is 1. The van der Waals surface area contributed by atoms with Gasteiger partial charge in [0.25, 0.3) is 0 Å². The number of aryl methyl sites for hydroxylation is 1. The molecule has 21 heavy (non-hydrogen) atoms. The van der Waals surface area contributed by atoms with Crippen LogP contribution in [0.25, 0.3) is 0 Å². The van der Waals surface area contributed by atoms with Crippen LogP contribution in [0.1, 0.15) is 18.4 Å². The van der Waals surface area contributed by atoms with Crippen molar-refractivity contribution in [3.8, 4) is 0 Å². The maximum atomic E-state index is 12.2. The Balaban J connectivity index is 1.55. The smallest absolute Gasteiger partial charge is 0.238 e. The van der Waals surface area contributed by atoms with E-state index in [9.17, 15) is 4.79 Å². The maximum Gasteiger partial charge on any atom is 0.238 e. The highest BCUT2D eigenvalue weighted by molar-refractivity contribution is 9.10. The van der Waals surface area contributed by atoms with E-state index in [1.807, 2.05) is 25.1 Å². The highest BCUT2D eigenvalue weighted by atomic mass is 79.9. The van der Waals surface area contributed by atoms with E-state index in [1.54, 1.807) is 0 Å². The first-order chi connectivity index (χ1) is 10.1. The van der Waals surface area contributed by atoms with Gasteiger partial charge in [0.05, 0.1) is 12.2 Å². The minimum atomic E-state index is 0.0678. The molecule has 1 amide bonds. The summed E-state index contributed by atoms with van der Waals surface area (Å²) in [5.74, 6) is 0.788. The molecule has 2 atom stereocenters. The van der Waals surface area contributed by atoms with Gasteiger partial charge in [0.1, 0.15) is 0 Å². The lowest BCUT2D eigenvalue weighted by Gasteiger charge is -2.24. The number of carbonyl (C=O) groups is 1. The lowest BCUT2D eigenvalue weighted by atomic mass is 9.94. The van der Waals surface area contributed by atoms with Crippen LogP contribution in [0, 0.1) is 12.8 Å². The summed E-state index contributed by atoms with van der Waals surface area (Å²) in [6, 6.07) is 6.55. The van der Waals surface area contributed by atoms with Gasteiger partial charge >= 0.3 is 0 Å². The van der Waals surface area contributed by atoms with Gasteiger partial charge in [-0.1, -0.05) is 6.07 Å². The van der Waals surface area contributed by atoms with Crippen molar-refractivity contribution in [3.63, 3.8) is 0 Å². The Labute approximate surface area is 134 Å². The van der Waals surface area contributed by atoms with Crippen molar-refractivity contribution in [3.05, 3.63) is 28.2 Å². The Bertz CT molecular complexity index is 520. The van der Waals surface area contributed by atoms with Gasteiger partial charge in [0.2, 0.25) is 5.91 Å². The lowest BCUT2D eigenvalue weighted by molar-refractivity contribution is -0.117. The number of halogens is 1.